The number of benzene rings is 3. The molecule has 202 valence electrons. The predicted molar refractivity (Wildman–Crippen MR) is 152 cm³/mol. The van der Waals surface area contributed by atoms with Crippen molar-refractivity contribution in [1.82, 2.24) is 10.2 Å². The van der Waals surface area contributed by atoms with E-state index in [0.717, 1.165) is 16.3 Å². The van der Waals surface area contributed by atoms with E-state index in [1.54, 1.807) is 61.5 Å². The molecule has 1 unspecified atom stereocenters. The van der Waals surface area contributed by atoms with Crippen molar-refractivity contribution in [3.8, 4) is 0 Å². The van der Waals surface area contributed by atoms with E-state index in [1.165, 1.54) is 17.0 Å². The number of sulfonamides is 1. The van der Waals surface area contributed by atoms with Crippen molar-refractivity contribution in [3.63, 3.8) is 0 Å². The average molecular weight is 556 g/mol. The summed E-state index contributed by atoms with van der Waals surface area (Å²) in [6.07, 6.45) is 0.790. The van der Waals surface area contributed by atoms with Crippen LogP contribution in [0.5, 0.6) is 0 Å². The van der Waals surface area contributed by atoms with Crippen LogP contribution in [0.2, 0.25) is 5.02 Å². The van der Waals surface area contributed by atoms with Gasteiger partial charge in [0.1, 0.15) is 12.6 Å². The van der Waals surface area contributed by atoms with Gasteiger partial charge < -0.3 is 10.2 Å². The molecule has 0 heterocycles. The van der Waals surface area contributed by atoms with E-state index in [-0.39, 0.29) is 23.4 Å². The Kier molecular flexibility index (Phi) is 9.94. The summed E-state index contributed by atoms with van der Waals surface area (Å²) < 4.78 is 28.6. The summed E-state index contributed by atoms with van der Waals surface area (Å²) in [5, 5.41) is 3.28. The fourth-order valence-corrected chi connectivity index (χ4v) is 5.57. The molecule has 0 radical (unpaired) electrons. The molecule has 38 heavy (non-hydrogen) atoms. The van der Waals surface area contributed by atoms with E-state index >= 15 is 0 Å². The van der Waals surface area contributed by atoms with Crippen molar-refractivity contribution in [1.29, 1.82) is 0 Å². The number of rotatable bonds is 11. The van der Waals surface area contributed by atoms with Gasteiger partial charge in [-0.1, -0.05) is 67.1 Å². The summed E-state index contributed by atoms with van der Waals surface area (Å²) in [6, 6.07) is 21.1. The lowest BCUT2D eigenvalue weighted by atomic mass is 10.1. The first-order valence-electron chi connectivity index (χ1n) is 12.5. The van der Waals surface area contributed by atoms with Gasteiger partial charge >= 0.3 is 0 Å². The molecule has 3 aromatic rings. The molecule has 1 N–H and O–H groups in total. The number of nitrogens with one attached hydrogen (secondary N) is 1. The molecule has 0 aliphatic carbocycles. The summed E-state index contributed by atoms with van der Waals surface area (Å²) in [5.41, 5.74) is 2.05. The van der Waals surface area contributed by atoms with Gasteiger partial charge in [0.2, 0.25) is 11.8 Å². The van der Waals surface area contributed by atoms with Crippen LogP contribution in [0.3, 0.4) is 0 Å². The lowest BCUT2D eigenvalue weighted by Crippen LogP contribution is -2.52. The maximum Gasteiger partial charge on any atom is 0.264 e. The molecular weight excluding hydrogens is 522 g/mol. The first kappa shape index (κ1) is 29.2. The Hall–Kier alpha value is -3.36. The highest BCUT2D eigenvalue weighted by molar-refractivity contribution is 7.92. The zero-order valence-electron chi connectivity index (χ0n) is 22.1. The van der Waals surface area contributed by atoms with Crippen LogP contribution in [0.4, 0.5) is 5.69 Å². The Morgan fingerprint density at radius 3 is 2.08 bits per heavy atom. The van der Waals surface area contributed by atoms with Crippen molar-refractivity contribution in [2.45, 2.75) is 57.6 Å². The number of amides is 2. The van der Waals surface area contributed by atoms with Crippen LogP contribution >= 0.6 is 11.6 Å². The lowest BCUT2D eigenvalue weighted by Gasteiger charge is -2.32. The normalized spacial score (nSPS) is 12.2. The first-order chi connectivity index (χ1) is 18.0. The number of carbonyl (C=O) groups is 2. The van der Waals surface area contributed by atoms with Crippen LogP contribution in [-0.4, -0.2) is 43.8 Å². The molecule has 3 rings (SSSR count). The minimum Gasteiger partial charge on any atom is -0.352 e. The van der Waals surface area contributed by atoms with Crippen molar-refractivity contribution < 1.29 is 18.0 Å². The fourth-order valence-electron chi connectivity index (χ4n) is 3.94. The zero-order chi connectivity index (χ0) is 27.9. The van der Waals surface area contributed by atoms with Crippen molar-refractivity contribution >= 4 is 39.1 Å². The maximum atomic E-state index is 13.9. The molecule has 0 aromatic heterocycles. The van der Waals surface area contributed by atoms with E-state index in [0.29, 0.717) is 16.3 Å². The van der Waals surface area contributed by atoms with Crippen LogP contribution in [0.25, 0.3) is 0 Å². The summed E-state index contributed by atoms with van der Waals surface area (Å²) in [4.78, 5) is 28.3. The molecule has 7 nitrogen and oxygen atoms in total. The smallest absolute Gasteiger partial charge is 0.264 e. The molecule has 1 atom stereocenters. The van der Waals surface area contributed by atoms with E-state index in [9.17, 15) is 18.0 Å². The Morgan fingerprint density at radius 2 is 1.50 bits per heavy atom. The third-order valence-electron chi connectivity index (χ3n) is 6.14. The number of halogens is 1. The van der Waals surface area contributed by atoms with Gasteiger partial charge in [-0.2, -0.15) is 0 Å². The van der Waals surface area contributed by atoms with Crippen LogP contribution in [0.15, 0.2) is 83.8 Å². The molecule has 0 saturated carbocycles. The maximum absolute atomic E-state index is 13.9. The number of carbonyl (C=O) groups excluding carboxylic acids is 2. The highest BCUT2D eigenvalue weighted by Crippen LogP contribution is 2.26. The quantitative estimate of drug-likeness (QED) is 0.359. The standard InChI is InChI=1S/C29H34ClN3O4S/c1-5-23-15-17-25(18-16-23)33(38(36,37)26-12-7-6-8-13-26)20-28(34)32(22(4)29(35)31-21(2)3)19-24-11-9-10-14-27(24)30/h6-18,21-22H,5,19-20H2,1-4H3,(H,31,35). The molecule has 0 fully saturated rings. The molecule has 0 aliphatic rings. The summed E-state index contributed by atoms with van der Waals surface area (Å²) in [5.74, 6) is -0.874. The highest BCUT2D eigenvalue weighted by Gasteiger charge is 2.32. The average Bonchev–Trinajstić information content (AvgIpc) is 2.91. The summed E-state index contributed by atoms with van der Waals surface area (Å²) >= 11 is 6.38. The summed E-state index contributed by atoms with van der Waals surface area (Å²) in [6.45, 7) is 6.84. The van der Waals surface area contributed by atoms with Gasteiger partial charge in [0.15, 0.2) is 0 Å². The number of hydrogen-bond donors (Lipinski definition) is 1. The Bertz CT molecular complexity index is 1350. The van der Waals surface area contributed by atoms with Gasteiger partial charge in [0, 0.05) is 17.6 Å². The number of nitrogens with zero attached hydrogens (tertiary/aromatic N) is 2. The SMILES string of the molecule is CCc1ccc(N(CC(=O)N(Cc2ccccc2Cl)C(C)C(=O)NC(C)C)S(=O)(=O)c2ccccc2)cc1. The summed E-state index contributed by atoms with van der Waals surface area (Å²) in [7, 11) is -4.09. The van der Waals surface area contributed by atoms with Crippen LogP contribution in [-0.2, 0) is 32.6 Å². The van der Waals surface area contributed by atoms with Crippen LogP contribution < -0.4 is 9.62 Å². The molecule has 2 amide bonds. The number of aryl methyl sites for hydroxylation is 1. The van der Waals surface area contributed by atoms with Crippen LogP contribution in [0.1, 0.15) is 38.8 Å². The van der Waals surface area contributed by atoms with E-state index in [4.69, 9.17) is 11.6 Å². The van der Waals surface area contributed by atoms with Gasteiger partial charge in [-0.15, -0.1) is 0 Å². The van der Waals surface area contributed by atoms with E-state index in [1.807, 2.05) is 32.9 Å². The third-order valence-corrected chi connectivity index (χ3v) is 8.30. The highest BCUT2D eigenvalue weighted by atomic mass is 35.5. The Morgan fingerprint density at radius 1 is 0.895 bits per heavy atom. The molecule has 9 heteroatoms. The van der Waals surface area contributed by atoms with Crippen molar-refractivity contribution in [2.75, 3.05) is 10.8 Å². The predicted octanol–water partition coefficient (Wildman–Crippen LogP) is 5.04. The molecule has 0 saturated heterocycles. The minimum atomic E-state index is -4.09. The molecule has 3 aromatic carbocycles. The van der Waals surface area contributed by atoms with Gasteiger partial charge in [-0.3, -0.25) is 13.9 Å². The molecule has 0 spiro atoms. The second-order valence-corrected chi connectivity index (χ2v) is 11.6. The second-order valence-electron chi connectivity index (χ2n) is 9.30. The minimum absolute atomic E-state index is 0.0409. The fraction of sp³-hybridized carbons (Fsp3) is 0.310. The molecule has 0 bridgehead atoms. The molecule has 0 aliphatic heterocycles. The topological polar surface area (TPSA) is 86.8 Å². The largest absolute Gasteiger partial charge is 0.352 e. The van der Waals surface area contributed by atoms with Crippen molar-refractivity contribution in [2.24, 2.45) is 0 Å². The lowest BCUT2D eigenvalue weighted by molar-refractivity contribution is -0.139. The Balaban J connectivity index is 2.03. The van der Waals surface area contributed by atoms with Gasteiger partial charge in [-0.25, -0.2) is 8.42 Å². The zero-order valence-corrected chi connectivity index (χ0v) is 23.7. The third kappa shape index (κ3) is 7.14. The number of anilines is 1. The second kappa shape index (κ2) is 12.9. The Labute approximate surface area is 230 Å². The van der Waals surface area contributed by atoms with E-state index in [2.05, 4.69) is 5.32 Å². The number of hydrogen-bond acceptors (Lipinski definition) is 4. The first-order valence-corrected chi connectivity index (χ1v) is 14.4. The van der Waals surface area contributed by atoms with Gasteiger partial charge in [-0.05, 0) is 68.7 Å². The van der Waals surface area contributed by atoms with Crippen molar-refractivity contribution in [3.05, 3.63) is 95.0 Å². The van der Waals surface area contributed by atoms with Crippen LogP contribution in [0, 0.1) is 0 Å². The monoisotopic (exact) mass is 555 g/mol. The molecular formula is C29H34ClN3O4S. The van der Waals surface area contributed by atoms with E-state index < -0.39 is 28.5 Å². The van der Waals surface area contributed by atoms with Gasteiger partial charge in [0.05, 0.1) is 10.6 Å². The van der Waals surface area contributed by atoms with Gasteiger partial charge in [0.25, 0.3) is 10.0 Å².